The molecular weight excluding hydrogens is 216 g/mol. The zero-order valence-corrected chi connectivity index (χ0v) is 8.65. The second-order valence-corrected chi connectivity index (χ2v) is 3.77. The van der Waals surface area contributed by atoms with Crippen LogP contribution in [0.2, 0.25) is 0 Å². The highest BCUT2D eigenvalue weighted by Gasteiger charge is 2.35. The highest BCUT2D eigenvalue weighted by Crippen LogP contribution is 2.29. The maximum atomic E-state index is 10.8. The van der Waals surface area contributed by atoms with Crippen molar-refractivity contribution in [1.82, 2.24) is 9.78 Å². The molecule has 1 saturated heterocycles. The van der Waals surface area contributed by atoms with Crippen molar-refractivity contribution in [3.63, 3.8) is 0 Å². The zero-order chi connectivity index (χ0) is 11.9. The van der Waals surface area contributed by atoms with Crippen molar-refractivity contribution < 1.29 is 15.1 Å². The lowest BCUT2D eigenvalue weighted by Gasteiger charge is -2.16. The smallest absolute Gasteiger partial charge is 0.331 e. The van der Waals surface area contributed by atoms with E-state index in [0.29, 0.717) is 5.82 Å². The average molecular weight is 228 g/mol. The lowest BCUT2D eigenvalue weighted by molar-refractivity contribution is -0.384. The fourth-order valence-electron chi connectivity index (χ4n) is 1.86. The quantitative estimate of drug-likeness (QED) is 0.490. The summed E-state index contributed by atoms with van der Waals surface area (Å²) in [5, 5.41) is 33.4. The van der Waals surface area contributed by atoms with Crippen molar-refractivity contribution >= 4 is 11.5 Å². The molecule has 0 bridgehead atoms. The largest absolute Gasteiger partial charge is 0.389 e. The van der Waals surface area contributed by atoms with Gasteiger partial charge in [-0.15, -0.1) is 0 Å². The molecule has 88 valence electrons. The topological polar surface area (TPSA) is 105 Å². The number of aromatic nitrogens is 2. The molecule has 1 aromatic heterocycles. The molecule has 0 aliphatic carbocycles. The summed E-state index contributed by atoms with van der Waals surface area (Å²) in [6.45, 7) is 0.336. The van der Waals surface area contributed by atoms with Crippen LogP contribution in [0.4, 0.5) is 11.5 Å². The molecule has 0 spiro atoms. The van der Waals surface area contributed by atoms with Gasteiger partial charge in [-0.25, -0.2) is 4.68 Å². The Kier molecular flexibility index (Phi) is 2.52. The summed E-state index contributed by atoms with van der Waals surface area (Å²) in [6, 6.07) is 0. The molecular formula is C8H12N4O4. The van der Waals surface area contributed by atoms with E-state index in [4.69, 9.17) is 0 Å². The highest BCUT2D eigenvalue weighted by atomic mass is 16.6. The van der Waals surface area contributed by atoms with Crippen molar-refractivity contribution in [2.24, 2.45) is 7.05 Å². The Balaban J connectivity index is 2.33. The molecule has 1 aromatic rings. The van der Waals surface area contributed by atoms with E-state index in [1.54, 1.807) is 11.9 Å². The monoisotopic (exact) mass is 228 g/mol. The maximum absolute atomic E-state index is 10.8. The number of anilines is 1. The summed E-state index contributed by atoms with van der Waals surface area (Å²) in [5.41, 5.74) is -0.121. The van der Waals surface area contributed by atoms with Gasteiger partial charge in [-0.1, -0.05) is 0 Å². The van der Waals surface area contributed by atoms with Crippen LogP contribution in [0.15, 0.2) is 6.20 Å². The van der Waals surface area contributed by atoms with Crippen molar-refractivity contribution in [1.29, 1.82) is 0 Å². The zero-order valence-electron chi connectivity index (χ0n) is 8.65. The fraction of sp³-hybridized carbons (Fsp3) is 0.625. The molecule has 1 aliphatic heterocycles. The van der Waals surface area contributed by atoms with Crippen molar-refractivity contribution in [2.75, 3.05) is 18.0 Å². The van der Waals surface area contributed by atoms with E-state index in [2.05, 4.69) is 5.10 Å². The van der Waals surface area contributed by atoms with Gasteiger partial charge in [0.15, 0.2) is 0 Å². The third-order valence-corrected chi connectivity index (χ3v) is 2.64. The molecule has 2 rings (SSSR count). The van der Waals surface area contributed by atoms with Crippen molar-refractivity contribution in [3.8, 4) is 0 Å². The third-order valence-electron chi connectivity index (χ3n) is 2.64. The highest BCUT2D eigenvalue weighted by molar-refractivity contribution is 5.58. The SMILES string of the molecule is Cn1ncc([N+](=O)[O-])c1N1C[C@H](O)[C@@H](O)C1. The first-order valence-corrected chi connectivity index (χ1v) is 4.78. The van der Waals surface area contributed by atoms with E-state index in [1.807, 2.05) is 0 Å². The van der Waals surface area contributed by atoms with Crippen LogP contribution in [-0.4, -0.2) is 50.2 Å². The molecule has 0 amide bonds. The predicted molar refractivity (Wildman–Crippen MR) is 54.1 cm³/mol. The van der Waals surface area contributed by atoms with Crippen LogP contribution in [0.5, 0.6) is 0 Å². The Morgan fingerprint density at radius 2 is 2.06 bits per heavy atom. The van der Waals surface area contributed by atoms with Gasteiger partial charge in [-0.3, -0.25) is 10.1 Å². The summed E-state index contributed by atoms with van der Waals surface area (Å²) in [4.78, 5) is 11.8. The number of hydrogen-bond acceptors (Lipinski definition) is 6. The van der Waals surface area contributed by atoms with Crippen LogP contribution in [-0.2, 0) is 7.05 Å². The summed E-state index contributed by atoms with van der Waals surface area (Å²) < 4.78 is 1.36. The van der Waals surface area contributed by atoms with Crippen molar-refractivity contribution in [2.45, 2.75) is 12.2 Å². The first kappa shape index (κ1) is 10.8. The predicted octanol–water partition coefficient (Wildman–Crippen LogP) is -1.13. The van der Waals surface area contributed by atoms with Crippen molar-refractivity contribution in [3.05, 3.63) is 16.3 Å². The third kappa shape index (κ3) is 1.61. The summed E-state index contributed by atoms with van der Waals surface area (Å²) >= 11 is 0. The molecule has 0 radical (unpaired) electrons. The normalized spacial score (nSPS) is 25.1. The summed E-state index contributed by atoms with van der Waals surface area (Å²) in [7, 11) is 1.58. The van der Waals surface area contributed by atoms with Gasteiger partial charge in [0, 0.05) is 20.1 Å². The number of hydrogen-bond donors (Lipinski definition) is 2. The van der Waals surface area contributed by atoms with Crippen LogP contribution < -0.4 is 4.90 Å². The fourth-order valence-corrected chi connectivity index (χ4v) is 1.86. The number of nitro groups is 1. The number of β-amino-alcohol motifs (C(OH)–C–C–N with tert-alkyl or cyclic N) is 2. The van der Waals surface area contributed by atoms with Crippen LogP contribution in [0.25, 0.3) is 0 Å². The van der Waals surface area contributed by atoms with Gasteiger partial charge in [0.2, 0.25) is 5.82 Å². The van der Waals surface area contributed by atoms with Crippen LogP contribution in [0.1, 0.15) is 0 Å². The number of aliphatic hydroxyl groups excluding tert-OH is 2. The molecule has 1 fully saturated rings. The number of rotatable bonds is 2. The average Bonchev–Trinajstić information content (AvgIpc) is 2.71. The first-order valence-electron chi connectivity index (χ1n) is 4.78. The van der Waals surface area contributed by atoms with E-state index in [9.17, 15) is 20.3 Å². The van der Waals surface area contributed by atoms with E-state index in [0.717, 1.165) is 6.20 Å². The number of aliphatic hydroxyl groups is 2. The van der Waals surface area contributed by atoms with E-state index >= 15 is 0 Å². The minimum absolute atomic E-state index is 0.121. The summed E-state index contributed by atoms with van der Waals surface area (Å²) in [5.74, 6) is 0.306. The minimum atomic E-state index is -0.880. The number of nitrogens with zero attached hydrogens (tertiary/aromatic N) is 4. The Hall–Kier alpha value is -1.67. The van der Waals surface area contributed by atoms with Gasteiger partial charge in [-0.05, 0) is 0 Å². The number of aryl methyl sites for hydroxylation is 1. The molecule has 2 heterocycles. The Bertz CT molecular complexity index is 408. The molecule has 1 aliphatic rings. The Morgan fingerprint density at radius 3 is 2.56 bits per heavy atom. The molecule has 8 heteroatoms. The van der Waals surface area contributed by atoms with Gasteiger partial charge in [0.25, 0.3) is 0 Å². The summed E-state index contributed by atoms with van der Waals surface area (Å²) in [6.07, 6.45) is -0.601. The standard InChI is InChI=1S/C8H12N4O4/c1-10-8(5(2-9-10)12(15)16)11-3-6(13)7(14)4-11/h2,6-7,13-14H,3-4H2,1H3/t6-,7-/m0/s1. The second-order valence-electron chi connectivity index (χ2n) is 3.77. The van der Waals surface area contributed by atoms with Crippen LogP contribution in [0.3, 0.4) is 0 Å². The Morgan fingerprint density at radius 1 is 1.50 bits per heavy atom. The van der Waals surface area contributed by atoms with Gasteiger partial charge < -0.3 is 15.1 Å². The van der Waals surface area contributed by atoms with Gasteiger partial charge in [-0.2, -0.15) is 5.10 Å². The lowest BCUT2D eigenvalue weighted by Crippen LogP contribution is -2.24. The molecule has 2 atom stereocenters. The minimum Gasteiger partial charge on any atom is -0.389 e. The second kappa shape index (κ2) is 3.72. The van der Waals surface area contributed by atoms with Crippen LogP contribution in [0, 0.1) is 10.1 Å². The van der Waals surface area contributed by atoms with Gasteiger partial charge >= 0.3 is 5.69 Å². The molecule has 0 saturated carbocycles. The van der Waals surface area contributed by atoms with Gasteiger partial charge in [0.1, 0.15) is 6.20 Å². The van der Waals surface area contributed by atoms with E-state index in [1.165, 1.54) is 4.68 Å². The lowest BCUT2D eigenvalue weighted by atomic mass is 10.3. The molecule has 0 unspecified atom stereocenters. The van der Waals surface area contributed by atoms with E-state index in [-0.39, 0.29) is 18.8 Å². The van der Waals surface area contributed by atoms with Crippen LogP contribution >= 0.6 is 0 Å². The van der Waals surface area contributed by atoms with E-state index < -0.39 is 17.1 Å². The van der Waals surface area contributed by atoms with Gasteiger partial charge in [0.05, 0.1) is 17.1 Å². The Labute approximate surface area is 90.9 Å². The molecule has 0 aromatic carbocycles. The molecule has 8 nitrogen and oxygen atoms in total. The maximum Gasteiger partial charge on any atom is 0.331 e. The first-order chi connectivity index (χ1) is 7.50. The molecule has 2 N–H and O–H groups in total. The molecule has 16 heavy (non-hydrogen) atoms.